The van der Waals surface area contributed by atoms with Gasteiger partial charge in [-0.15, -0.1) is 0 Å². The van der Waals surface area contributed by atoms with E-state index < -0.39 is 0 Å². The molecule has 1 aliphatic rings. The highest BCUT2D eigenvalue weighted by Crippen LogP contribution is 2.21. The number of ether oxygens (including phenoxy) is 1. The smallest absolute Gasteiger partial charge is 0.303 e. The van der Waals surface area contributed by atoms with Crippen molar-refractivity contribution < 1.29 is 9.13 Å². The van der Waals surface area contributed by atoms with Crippen LogP contribution in [0, 0.1) is 0 Å². The fraction of sp³-hybridized carbons (Fsp3) is 0.167. The third-order valence-electron chi connectivity index (χ3n) is 1.32. The Morgan fingerprint density at radius 2 is 2.55 bits per heavy atom. The summed E-state index contributed by atoms with van der Waals surface area (Å²) in [5, 5.41) is 0.308. The molecule has 1 aromatic heterocycles. The zero-order valence-electron chi connectivity index (χ0n) is 5.42. The lowest BCUT2D eigenvalue weighted by atomic mass is 10.5. The summed E-state index contributed by atoms with van der Waals surface area (Å²) in [5.74, 6) is -0.341. The maximum atomic E-state index is 12.5. The number of hydrogen-bond acceptors (Lipinski definition) is 2. The normalized spacial score (nSPS) is 15.3. The largest absolute Gasteiger partial charge is 0.431 e. The molecule has 3 nitrogen and oxygen atoms in total. The molecule has 0 saturated heterocycles. The minimum Gasteiger partial charge on any atom is -0.431 e. The van der Waals surface area contributed by atoms with E-state index in [1.165, 1.54) is 10.8 Å². The van der Waals surface area contributed by atoms with Crippen LogP contribution in [0.1, 0.15) is 0 Å². The molecule has 0 bridgehead atoms. The van der Waals surface area contributed by atoms with E-state index in [1.807, 2.05) is 0 Å². The first-order valence-corrected chi connectivity index (χ1v) is 3.37. The summed E-state index contributed by atoms with van der Waals surface area (Å²) in [4.78, 5) is 3.78. The lowest BCUT2D eigenvalue weighted by molar-refractivity contribution is 0.351. The van der Waals surface area contributed by atoms with Crippen LogP contribution in [-0.4, -0.2) is 9.55 Å². The molecule has 58 valence electrons. The van der Waals surface area contributed by atoms with Crippen molar-refractivity contribution in [2.75, 3.05) is 0 Å². The van der Waals surface area contributed by atoms with Crippen LogP contribution in [0.2, 0.25) is 5.15 Å². The van der Waals surface area contributed by atoms with Gasteiger partial charge >= 0.3 is 6.01 Å². The van der Waals surface area contributed by atoms with Gasteiger partial charge in [0, 0.05) is 6.20 Å². The highest BCUT2D eigenvalue weighted by molar-refractivity contribution is 6.29. The fourth-order valence-corrected chi connectivity index (χ4v) is 1.08. The van der Waals surface area contributed by atoms with E-state index >= 15 is 0 Å². The van der Waals surface area contributed by atoms with Gasteiger partial charge in [-0.25, -0.2) is 4.39 Å². The molecule has 0 atom stereocenters. The molecule has 11 heavy (non-hydrogen) atoms. The Balaban J connectivity index is 2.40. The van der Waals surface area contributed by atoms with E-state index in [1.54, 1.807) is 0 Å². The van der Waals surface area contributed by atoms with Crippen molar-refractivity contribution >= 4 is 11.6 Å². The molecule has 1 aliphatic heterocycles. The Kier molecular flexibility index (Phi) is 1.35. The minimum atomic E-state index is -0.341. The van der Waals surface area contributed by atoms with Gasteiger partial charge in [-0.2, -0.15) is 4.98 Å². The molecule has 0 aromatic carbocycles. The van der Waals surface area contributed by atoms with Crippen molar-refractivity contribution in [3.8, 4) is 6.01 Å². The van der Waals surface area contributed by atoms with Crippen LogP contribution in [-0.2, 0) is 6.54 Å². The number of halogens is 2. The lowest BCUT2D eigenvalue weighted by Crippen LogP contribution is -2.06. The third kappa shape index (κ3) is 1.09. The molecule has 0 unspecified atom stereocenters. The summed E-state index contributed by atoms with van der Waals surface area (Å²) >= 11 is 5.54. The number of imidazole rings is 1. The molecule has 0 amide bonds. The zero-order valence-corrected chi connectivity index (χ0v) is 6.18. The van der Waals surface area contributed by atoms with Gasteiger partial charge in [0.25, 0.3) is 0 Å². The lowest BCUT2D eigenvalue weighted by Gasteiger charge is -2.08. The molecule has 0 radical (unpaired) electrons. The summed E-state index contributed by atoms with van der Waals surface area (Å²) in [6, 6.07) is 0.330. The second-order valence-electron chi connectivity index (χ2n) is 2.16. The van der Waals surface area contributed by atoms with E-state index in [0.717, 1.165) is 6.26 Å². The van der Waals surface area contributed by atoms with E-state index in [2.05, 4.69) is 4.98 Å². The van der Waals surface area contributed by atoms with E-state index in [-0.39, 0.29) is 12.4 Å². The number of rotatable bonds is 0. The highest BCUT2D eigenvalue weighted by Gasteiger charge is 2.13. The van der Waals surface area contributed by atoms with Gasteiger partial charge in [-0.05, 0) is 0 Å². The Hall–Kier alpha value is -1.03. The topological polar surface area (TPSA) is 27.1 Å². The third-order valence-corrected chi connectivity index (χ3v) is 1.51. The van der Waals surface area contributed by atoms with Crippen LogP contribution in [0.25, 0.3) is 0 Å². The molecule has 1 aromatic rings. The van der Waals surface area contributed by atoms with Crippen LogP contribution >= 0.6 is 11.6 Å². The van der Waals surface area contributed by atoms with E-state index in [4.69, 9.17) is 16.3 Å². The summed E-state index contributed by atoms with van der Waals surface area (Å²) in [6.07, 6.45) is 2.54. The zero-order chi connectivity index (χ0) is 7.84. The van der Waals surface area contributed by atoms with Crippen LogP contribution < -0.4 is 4.74 Å². The standard InChI is InChI=1S/C6H4ClFN2O/c7-5-2-10-1-4(8)3-11-6(10)9-5/h2-3H,1H2. The number of allylic oxidation sites excluding steroid dienone is 1. The minimum absolute atomic E-state index is 0.148. The summed E-state index contributed by atoms with van der Waals surface area (Å²) in [6.45, 7) is 0.148. The monoisotopic (exact) mass is 174 g/mol. The predicted octanol–water partition coefficient (Wildman–Crippen LogP) is 1.74. The SMILES string of the molecule is FC1=COc2nc(Cl)cn2C1. The van der Waals surface area contributed by atoms with Crippen molar-refractivity contribution in [2.24, 2.45) is 0 Å². The van der Waals surface area contributed by atoms with Gasteiger partial charge in [0.15, 0.2) is 11.0 Å². The van der Waals surface area contributed by atoms with Crippen molar-refractivity contribution in [3.63, 3.8) is 0 Å². The van der Waals surface area contributed by atoms with Crippen LogP contribution in [0.15, 0.2) is 18.3 Å². The van der Waals surface area contributed by atoms with Crippen LogP contribution in [0.4, 0.5) is 4.39 Å². The average Bonchev–Trinajstić information content (AvgIpc) is 2.27. The first-order chi connectivity index (χ1) is 5.25. The van der Waals surface area contributed by atoms with Gasteiger partial charge in [0.05, 0.1) is 6.54 Å². The molecule has 2 rings (SSSR count). The maximum absolute atomic E-state index is 12.5. The van der Waals surface area contributed by atoms with Gasteiger partial charge in [-0.3, -0.25) is 4.57 Å². The van der Waals surface area contributed by atoms with Gasteiger partial charge in [0.1, 0.15) is 6.26 Å². The first kappa shape index (κ1) is 6.67. The summed E-state index contributed by atoms with van der Waals surface area (Å²) in [5.41, 5.74) is 0. The average molecular weight is 175 g/mol. The molecule has 0 saturated carbocycles. The van der Waals surface area contributed by atoms with Gasteiger partial charge in [-0.1, -0.05) is 11.6 Å². The Bertz CT molecular complexity index is 320. The summed E-state index contributed by atoms with van der Waals surface area (Å²) in [7, 11) is 0. The predicted molar refractivity (Wildman–Crippen MR) is 37.1 cm³/mol. The van der Waals surface area contributed by atoms with Crippen molar-refractivity contribution in [2.45, 2.75) is 6.54 Å². The summed E-state index contributed by atoms with van der Waals surface area (Å²) < 4.78 is 18.8. The van der Waals surface area contributed by atoms with Gasteiger partial charge < -0.3 is 4.74 Å². The van der Waals surface area contributed by atoms with E-state index in [0.29, 0.717) is 11.2 Å². The second-order valence-corrected chi connectivity index (χ2v) is 2.54. The van der Waals surface area contributed by atoms with Crippen molar-refractivity contribution in [1.82, 2.24) is 9.55 Å². The number of hydrogen-bond donors (Lipinski definition) is 0. The second kappa shape index (κ2) is 2.23. The molecule has 2 heterocycles. The van der Waals surface area contributed by atoms with Crippen molar-refractivity contribution in [3.05, 3.63) is 23.4 Å². The molecule has 0 aliphatic carbocycles. The first-order valence-electron chi connectivity index (χ1n) is 2.99. The molecular formula is C6H4ClFN2O. The molecule has 0 fully saturated rings. The molecule has 5 heteroatoms. The van der Waals surface area contributed by atoms with Gasteiger partial charge in [0.2, 0.25) is 0 Å². The van der Waals surface area contributed by atoms with Crippen LogP contribution in [0.3, 0.4) is 0 Å². The Morgan fingerprint density at radius 1 is 1.73 bits per heavy atom. The van der Waals surface area contributed by atoms with E-state index in [9.17, 15) is 4.39 Å². The number of aromatic nitrogens is 2. The number of fused-ring (bicyclic) bond motifs is 1. The molecule has 0 N–H and O–H groups in total. The fourth-order valence-electron chi connectivity index (χ4n) is 0.892. The Labute approximate surface area is 67.1 Å². The van der Waals surface area contributed by atoms with Crippen LogP contribution in [0.5, 0.6) is 6.01 Å². The van der Waals surface area contributed by atoms with Crippen molar-refractivity contribution in [1.29, 1.82) is 0 Å². The molecule has 0 spiro atoms. The Morgan fingerprint density at radius 3 is 3.36 bits per heavy atom. The maximum Gasteiger partial charge on any atom is 0.303 e. The highest BCUT2D eigenvalue weighted by atomic mass is 35.5. The number of nitrogens with zero attached hydrogens (tertiary/aromatic N) is 2. The molecular weight excluding hydrogens is 171 g/mol. The quantitative estimate of drug-likeness (QED) is 0.599.